The molecule has 7 heteroatoms. The number of hydrogen-bond acceptors (Lipinski definition) is 3. The maximum Gasteiger partial charge on any atom is 0.573 e. The second kappa shape index (κ2) is 4.77. The van der Waals surface area contributed by atoms with Gasteiger partial charge in [-0.05, 0) is 23.8 Å². The van der Waals surface area contributed by atoms with Crippen LogP contribution in [0, 0.1) is 0 Å². The summed E-state index contributed by atoms with van der Waals surface area (Å²) in [4.78, 5) is 10.4. The molecule has 92 valence electrons. The summed E-state index contributed by atoms with van der Waals surface area (Å²) in [6, 6.07) is 3.61. The van der Waals surface area contributed by atoms with Gasteiger partial charge in [-0.3, -0.25) is 4.79 Å². The first-order valence-electron chi connectivity index (χ1n) is 4.41. The number of anilines is 1. The number of nitrogens with two attached hydrogens (primary N) is 2. The topological polar surface area (TPSA) is 78.3 Å². The molecule has 0 atom stereocenters. The largest absolute Gasteiger partial charge is 0.573 e. The summed E-state index contributed by atoms with van der Waals surface area (Å²) in [6.07, 6.45) is -2.40. The van der Waals surface area contributed by atoms with Gasteiger partial charge in [-0.1, -0.05) is 6.07 Å². The first-order chi connectivity index (χ1) is 7.78. The number of amides is 1. The lowest BCUT2D eigenvalue weighted by molar-refractivity contribution is -0.274. The molecule has 0 aliphatic carbocycles. The summed E-state index contributed by atoms with van der Waals surface area (Å²) in [6.45, 7) is 0. The summed E-state index contributed by atoms with van der Waals surface area (Å²) in [5.41, 5.74) is 10.5. The van der Waals surface area contributed by atoms with Crippen LogP contribution in [0.1, 0.15) is 5.56 Å². The van der Waals surface area contributed by atoms with Gasteiger partial charge >= 0.3 is 6.36 Å². The normalized spacial score (nSPS) is 11.7. The van der Waals surface area contributed by atoms with E-state index in [9.17, 15) is 18.0 Å². The summed E-state index contributed by atoms with van der Waals surface area (Å²) in [7, 11) is 0. The standard InChI is InChI=1S/C10H9F3N2O2/c11-10(12,13)17-8-3-1-6(5-7(8)14)2-4-9(15)16/h1-5H,14H2,(H2,15,16). The fourth-order valence-corrected chi connectivity index (χ4v) is 1.07. The molecule has 0 aliphatic rings. The van der Waals surface area contributed by atoms with Crippen molar-refractivity contribution in [3.05, 3.63) is 29.8 Å². The van der Waals surface area contributed by atoms with Crippen LogP contribution in [0.4, 0.5) is 18.9 Å². The van der Waals surface area contributed by atoms with Crippen LogP contribution in [0.2, 0.25) is 0 Å². The lowest BCUT2D eigenvalue weighted by Crippen LogP contribution is -2.18. The lowest BCUT2D eigenvalue weighted by Gasteiger charge is -2.11. The van der Waals surface area contributed by atoms with Gasteiger partial charge < -0.3 is 16.2 Å². The third-order valence-corrected chi connectivity index (χ3v) is 1.70. The Balaban J connectivity index is 2.90. The fraction of sp³-hybridized carbons (Fsp3) is 0.100. The molecule has 0 bridgehead atoms. The number of halogens is 3. The Labute approximate surface area is 94.7 Å². The van der Waals surface area contributed by atoms with Gasteiger partial charge in [0, 0.05) is 6.08 Å². The van der Waals surface area contributed by atoms with Crippen LogP contribution in [0.25, 0.3) is 6.08 Å². The van der Waals surface area contributed by atoms with Gasteiger partial charge in [-0.25, -0.2) is 0 Å². The number of nitrogen functional groups attached to an aromatic ring is 1. The van der Waals surface area contributed by atoms with Crippen molar-refractivity contribution in [3.63, 3.8) is 0 Å². The highest BCUT2D eigenvalue weighted by atomic mass is 19.4. The van der Waals surface area contributed by atoms with Crippen molar-refractivity contribution in [2.75, 3.05) is 5.73 Å². The molecule has 0 unspecified atom stereocenters. The average Bonchev–Trinajstić information content (AvgIpc) is 2.17. The molecule has 0 spiro atoms. The quantitative estimate of drug-likeness (QED) is 0.629. The molecule has 0 fully saturated rings. The van der Waals surface area contributed by atoms with E-state index in [1.807, 2.05) is 0 Å². The zero-order valence-corrected chi connectivity index (χ0v) is 8.49. The van der Waals surface area contributed by atoms with Gasteiger partial charge in [0.05, 0.1) is 5.69 Å². The number of benzene rings is 1. The van der Waals surface area contributed by atoms with Crippen LogP contribution < -0.4 is 16.2 Å². The number of carbonyl (C=O) groups excluding carboxylic acids is 1. The molecule has 17 heavy (non-hydrogen) atoms. The van der Waals surface area contributed by atoms with E-state index >= 15 is 0 Å². The fourth-order valence-electron chi connectivity index (χ4n) is 1.07. The van der Waals surface area contributed by atoms with Crippen molar-refractivity contribution in [2.45, 2.75) is 6.36 Å². The SMILES string of the molecule is NC(=O)C=Cc1ccc(OC(F)(F)F)c(N)c1. The van der Waals surface area contributed by atoms with Crippen LogP contribution in [0.5, 0.6) is 5.75 Å². The highest BCUT2D eigenvalue weighted by Gasteiger charge is 2.31. The van der Waals surface area contributed by atoms with Gasteiger partial charge in [0.25, 0.3) is 0 Å². The van der Waals surface area contributed by atoms with E-state index in [1.54, 1.807) is 0 Å². The van der Waals surface area contributed by atoms with Crippen molar-refractivity contribution >= 4 is 17.7 Å². The van der Waals surface area contributed by atoms with Crippen molar-refractivity contribution in [1.29, 1.82) is 0 Å². The smallest absolute Gasteiger partial charge is 0.404 e. The molecule has 0 saturated heterocycles. The molecule has 1 rings (SSSR count). The van der Waals surface area contributed by atoms with Crippen LogP contribution in [0.3, 0.4) is 0 Å². The van der Waals surface area contributed by atoms with E-state index in [4.69, 9.17) is 11.5 Å². The van der Waals surface area contributed by atoms with Gasteiger partial charge in [-0.15, -0.1) is 13.2 Å². The molecule has 4 N–H and O–H groups in total. The molecule has 0 aromatic heterocycles. The number of carbonyl (C=O) groups is 1. The summed E-state index contributed by atoms with van der Waals surface area (Å²) in [5.74, 6) is -1.16. The van der Waals surface area contributed by atoms with E-state index in [0.717, 1.165) is 12.1 Å². The molecule has 0 aliphatic heterocycles. The minimum Gasteiger partial charge on any atom is -0.404 e. The zero-order chi connectivity index (χ0) is 13.1. The van der Waals surface area contributed by atoms with Gasteiger partial charge in [-0.2, -0.15) is 0 Å². The summed E-state index contributed by atoms with van der Waals surface area (Å²) in [5, 5.41) is 0. The molecular weight excluding hydrogens is 237 g/mol. The third-order valence-electron chi connectivity index (χ3n) is 1.70. The number of ether oxygens (including phenoxy) is 1. The van der Waals surface area contributed by atoms with Gasteiger partial charge in [0.1, 0.15) is 0 Å². The number of hydrogen-bond donors (Lipinski definition) is 2. The predicted octanol–water partition coefficient (Wildman–Crippen LogP) is 1.67. The molecular formula is C10H9F3N2O2. The Morgan fingerprint density at radius 1 is 1.35 bits per heavy atom. The Hall–Kier alpha value is -2.18. The molecule has 1 amide bonds. The van der Waals surface area contributed by atoms with E-state index in [1.165, 1.54) is 18.2 Å². The Morgan fingerprint density at radius 2 is 2.00 bits per heavy atom. The van der Waals surface area contributed by atoms with Crippen LogP contribution in [-0.2, 0) is 4.79 Å². The highest BCUT2D eigenvalue weighted by molar-refractivity contribution is 5.90. The Bertz CT molecular complexity index is 455. The van der Waals surface area contributed by atoms with E-state index in [0.29, 0.717) is 5.56 Å². The molecule has 0 heterocycles. The maximum absolute atomic E-state index is 11.9. The lowest BCUT2D eigenvalue weighted by atomic mass is 10.2. The molecule has 0 saturated carbocycles. The predicted molar refractivity (Wildman–Crippen MR) is 55.8 cm³/mol. The van der Waals surface area contributed by atoms with Crippen LogP contribution >= 0.6 is 0 Å². The molecule has 1 aromatic rings. The third kappa shape index (κ3) is 4.45. The summed E-state index contributed by atoms with van der Waals surface area (Å²) < 4.78 is 39.4. The Kier molecular flexibility index (Phi) is 3.62. The summed E-state index contributed by atoms with van der Waals surface area (Å²) >= 11 is 0. The molecule has 1 aromatic carbocycles. The van der Waals surface area contributed by atoms with Gasteiger partial charge in [0.2, 0.25) is 5.91 Å². The van der Waals surface area contributed by atoms with Crippen LogP contribution in [-0.4, -0.2) is 12.3 Å². The van der Waals surface area contributed by atoms with E-state index < -0.39 is 18.0 Å². The molecule has 0 radical (unpaired) electrons. The highest BCUT2D eigenvalue weighted by Crippen LogP contribution is 2.29. The second-order valence-corrected chi connectivity index (χ2v) is 3.08. The number of primary amides is 1. The maximum atomic E-state index is 11.9. The van der Waals surface area contributed by atoms with Crippen molar-refractivity contribution in [3.8, 4) is 5.75 Å². The van der Waals surface area contributed by atoms with Crippen molar-refractivity contribution in [1.82, 2.24) is 0 Å². The minimum atomic E-state index is -4.79. The Morgan fingerprint density at radius 3 is 2.47 bits per heavy atom. The minimum absolute atomic E-state index is 0.186. The number of alkyl halides is 3. The second-order valence-electron chi connectivity index (χ2n) is 3.08. The van der Waals surface area contributed by atoms with Crippen LogP contribution in [0.15, 0.2) is 24.3 Å². The average molecular weight is 246 g/mol. The first-order valence-corrected chi connectivity index (χ1v) is 4.41. The van der Waals surface area contributed by atoms with Crippen molar-refractivity contribution < 1.29 is 22.7 Å². The van der Waals surface area contributed by atoms with Crippen molar-refractivity contribution in [2.24, 2.45) is 5.73 Å². The monoisotopic (exact) mass is 246 g/mol. The van der Waals surface area contributed by atoms with E-state index in [2.05, 4.69) is 4.74 Å². The first kappa shape index (κ1) is 12.9. The zero-order valence-electron chi connectivity index (χ0n) is 8.49. The molecule has 4 nitrogen and oxygen atoms in total. The van der Waals surface area contributed by atoms with E-state index in [-0.39, 0.29) is 5.69 Å². The number of rotatable bonds is 3. The van der Waals surface area contributed by atoms with Gasteiger partial charge in [0.15, 0.2) is 5.75 Å².